The molecule has 0 saturated heterocycles. The lowest BCUT2D eigenvalue weighted by Gasteiger charge is -2.03. The van der Waals surface area contributed by atoms with E-state index in [9.17, 15) is 13.6 Å². The quantitative estimate of drug-likeness (QED) is 0.936. The fourth-order valence-electron chi connectivity index (χ4n) is 1.56. The lowest BCUT2D eigenvalue weighted by molar-refractivity contribution is -0.118. The molecule has 2 rings (SSSR count). The molecule has 0 aliphatic rings. The van der Waals surface area contributed by atoms with Crippen LogP contribution in [-0.2, 0) is 11.2 Å². The molecule has 0 aliphatic carbocycles. The number of hydrogen-bond acceptors (Lipinski definition) is 3. The highest BCUT2D eigenvalue weighted by molar-refractivity contribution is 7.15. The second-order valence-electron chi connectivity index (χ2n) is 4.69. The summed E-state index contributed by atoms with van der Waals surface area (Å²) in [5.74, 6) is -1.18. The Morgan fingerprint density at radius 2 is 2.15 bits per heavy atom. The molecule has 0 spiro atoms. The van der Waals surface area contributed by atoms with Gasteiger partial charge < -0.3 is 5.32 Å². The van der Waals surface area contributed by atoms with Crippen molar-refractivity contribution in [2.45, 2.75) is 20.3 Å². The first-order valence-electron chi connectivity index (χ1n) is 6.15. The van der Waals surface area contributed by atoms with Crippen LogP contribution in [0.1, 0.15) is 24.3 Å². The highest BCUT2D eigenvalue weighted by Crippen LogP contribution is 2.23. The molecule has 6 heteroatoms. The largest absolute Gasteiger partial charge is 0.302 e. The smallest absolute Gasteiger partial charge is 0.228 e. The highest BCUT2D eigenvalue weighted by Gasteiger charge is 2.11. The fourth-order valence-corrected chi connectivity index (χ4v) is 2.40. The molecule has 0 radical (unpaired) electrons. The predicted octanol–water partition coefficient (Wildman–Crippen LogP) is 3.61. The number of aromatic nitrogens is 1. The first kappa shape index (κ1) is 14.6. The Kier molecular flexibility index (Phi) is 4.44. The molecule has 1 aromatic carbocycles. The molecular weight excluding hydrogens is 282 g/mol. The molecule has 1 heterocycles. The number of anilines is 1. The van der Waals surface area contributed by atoms with Crippen LogP contribution in [0.4, 0.5) is 13.9 Å². The molecule has 0 aliphatic heterocycles. The minimum atomic E-state index is -0.473. The van der Waals surface area contributed by atoms with E-state index in [-0.39, 0.29) is 23.8 Å². The molecule has 20 heavy (non-hydrogen) atoms. The van der Waals surface area contributed by atoms with Crippen LogP contribution in [-0.4, -0.2) is 10.9 Å². The van der Waals surface area contributed by atoms with Crippen LogP contribution in [0, 0.1) is 17.6 Å². The van der Waals surface area contributed by atoms with Gasteiger partial charge in [-0.3, -0.25) is 4.79 Å². The minimum Gasteiger partial charge on any atom is -0.302 e. The Morgan fingerprint density at radius 1 is 1.40 bits per heavy atom. The lowest BCUT2D eigenvalue weighted by Crippen LogP contribution is -2.17. The molecular formula is C14H14F2N2OS. The summed E-state index contributed by atoms with van der Waals surface area (Å²) in [5.41, 5.74) is 0.274. The van der Waals surface area contributed by atoms with Crippen molar-refractivity contribution in [2.75, 3.05) is 5.32 Å². The van der Waals surface area contributed by atoms with Gasteiger partial charge in [0.1, 0.15) is 11.6 Å². The van der Waals surface area contributed by atoms with E-state index >= 15 is 0 Å². The van der Waals surface area contributed by atoms with Crippen LogP contribution in [0.5, 0.6) is 0 Å². The van der Waals surface area contributed by atoms with Crippen molar-refractivity contribution in [1.82, 2.24) is 4.98 Å². The Bertz CT molecular complexity index is 625. The third kappa shape index (κ3) is 3.60. The topological polar surface area (TPSA) is 42.0 Å². The van der Waals surface area contributed by atoms with Crippen molar-refractivity contribution >= 4 is 22.4 Å². The molecule has 0 atom stereocenters. The average molecular weight is 296 g/mol. The maximum Gasteiger partial charge on any atom is 0.228 e. The van der Waals surface area contributed by atoms with Gasteiger partial charge in [-0.05, 0) is 23.8 Å². The summed E-state index contributed by atoms with van der Waals surface area (Å²) in [6, 6.07) is 3.36. The number of halogens is 2. The van der Waals surface area contributed by atoms with Crippen LogP contribution in [0.3, 0.4) is 0 Å². The van der Waals surface area contributed by atoms with E-state index in [0.29, 0.717) is 5.13 Å². The van der Waals surface area contributed by atoms with E-state index in [1.807, 2.05) is 0 Å². The second-order valence-corrected chi connectivity index (χ2v) is 5.80. The SMILES string of the molecule is CC(C)C(=O)Nc1ncc(Cc2cc(F)ccc2F)s1. The molecule has 1 aromatic heterocycles. The first-order chi connectivity index (χ1) is 9.45. The van der Waals surface area contributed by atoms with Gasteiger partial charge in [0.2, 0.25) is 5.91 Å². The van der Waals surface area contributed by atoms with Gasteiger partial charge in [0.05, 0.1) is 0 Å². The van der Waals surface area contributed by atoms with Crippen molar-refractivity contribution in [3.63, 3.8) is 0 Å². The highest BCUT2D eigenvalue weighted by atomic mass is 32.1. The van der Waals surface area contributed by atoms with Crippen LogP contribution in [0.2, 0.25) is 0 Å². The maximum absolute atomic E-state index is 13.5. The van der Waals surface area contributed by atoms with Gasteiger partial charge in [-0.25, -0.2) is 13.8 Å². The molecule has 2 aromatic rings. The number of amides is 1. The Morgan fingerprint density at radius 3 is 2.85 bits per heavy atom. The van der Waals surface area contributed by atoms with Crippen molar-refractivity contribution in [2.24, 2.45) is 5.92 Å². The van der Waals surface area contributed by atoms with Gasteiger partial charge in [0.25, 0.3) is 0 Å². The third-order valence-corrected chi connectivity index (χ3v) is 3.59. The van der Waals surface area contributed by atoms with Crippen LogP contribution >= 0.6 is 11.3 Å². The lowest BCUT2D eigenvalue weighted by atomic mass is 10.1. The van der Waals surface area contributed by atoms with E-state index in [1.54, 1.807) is 20.0 Å². The Labute approximate surface area is 119 Å². The van der Waals surface area contributed by atoms with E-state index in [0.717, 1.165) is 17.0 Å². The first-order valence-corrected chi connectivity index (χ1v) is 6.97. The molecule has 0 bridgehead atoms. The summed E-state index contributed by atoms with van der Waals surface area (Å²) in [6.07, 6.45) is 1.81. The summed E-state index contributed by atoms with van der Waals surface area (Å²) in [7, 11) is 0. The van der Waals surface area contributed by atoms with Crippen molar-refractivity contribution < 1.29 is 13.6 Å². The van der Waals surface area contributed by atoms with Gasteiger partial charge in [0, 0.05) is 23.4 Å². The molecule has 0 saturated carbocycles. The third-order valence-electron chi connectivity index (χ3n) is 2.68. The van der Waals surface area contributed by atoms with E-state index in [4.69, 9.17) is 0 Å². The molecule has 1 amide bonds. The standard InChI is InChI=1S/C14H14F2N2OS/c1-8(2)13(19)18-14-17-7-11(20-14)6-9-5-10(15)3-4-12(9)16/h3-5,7-8H,6H2,1-2H3,(H,17,18,19). The van der Waals surface area contributed by atoms with E-state index in [2.05, 4.69) is 10.3 Å². The van der Waals surface area contributed by atoms with Gasteiger partial charge in [0.15, 0.2) is 5.13 Å². The number of hydrogen-bond donors (Lipinski definition) is 1. The fraction of sp³-hybridized carbons (Fsp3) is 0.286. The summed E-state index contributed by atoms with van der Waals surface area (Å²) < 4.78 is 26.6. The number of rotatable bonds is 4. The number of nitrogens with zero attached hydrogens (tertiary/aromatic N) is 1. The second kappa shape index (κ2) is 6.09. The molecule has 106 valence electrons. The van der Waals surface area contributed by atoms with Gasteiger partial charge in [-0.1, -0.05) is 13.8 Å². The molecule has 3 nitrogen and oxygen atoms in total. The number of benzene rings is 1. The Balaban J connectivity index is 2.09. The van der Waals surface area contributed by atoms with Crippen molar-refractivity contribution in [3.05, 3.63) is 46.5 Å². The van der Waals surface area contributed by atoms with Crippen LogP contribution < -0.4 is 5.32 Å². The van der Waals surface area contributed by atoms with Crippen molar-refractivity contribution in [1.29, 1.82) is 0 Å². The summed E-state index contributed by atoms with van der Waals surface area (Å²) in [4.78, 5) is 16.3. The summed E-state index contributed by atoms with van der Waals surface area (Å²) in [6.45, 7) is 3.57. The van der Waals surface area contributed by atoms with Crippen LogP contribution in [0.15, 0.2) is 24.4 Å². The number of carbonyl (C=O) groups is 1. The number of thiazole rings is 1. The van der Waals surface area contributed by atoms with E-state index in [1.165, 1.54) is 17.4 Å². The van der Waals surface area contributed by atoms with E-state index < -0.39 is 11.6 Å². The monoisotopic (exact) mass is 296 g/mol. The minimum absolute atomic E-state index is 0.122. The Hall–Kier alpha value is -1.82. The van der Waals surface area contributed by atoms with Gasteiger partial charge in [-0.2, -0.15) is 0 Å². The predicted molar refractivity (Wildman–Crippen MR) is 74.7 cm³/mol. The number of nitrogens with one attached hydrogen (secondary N) is 1. The van der Waals surface area contributed by atoms with Crippen molar-refractivity contribution in [3.8, 4) is 0 Å². The summed E-state index contributed by atoms with van der Waals surface area (Å²) >= 11 is 1.26. The normalized spacial score (nSPS) is 10.8. The molecule has 0 fully saturated rings. The van der Waals surface area contributed by atoms with Gasteiger partial charge in [-0.15, -0.1) is 11.3 Å². The molecule has 0 unspecified atom stereocenters. The van der Waals surface area contributed by atoms with Gasteiger partial charge >= 0.3 is 0 Å². The molecule has 1 N–H and O–H groups in total. The summed E-state index contributed by atoms with van der Waals surface area (Å²) in [5, 5.41) is 3.14. The average Bonchev–Trinajstić information content (AvgIpc) is 2.81. The maximum atomic E-state index is 13.5. The zero-order valence-corrected chi connectivity index (χ0v) is 11.9. The zero-order chi connectivity index (χ0) is 14.7. The number of carbonyl (C=O) groups excluding carboxylic acids is 1. The zero-order valence-electron chi connectivity index (χ0n) is 11.1. The van der Waals surface area contributed by atoms with Crippen LogP contribution in [0.25, 0.3) is 0 Å².